The lowest BCUT2D eigenvalue weighted by Gasteiger charge is -2.20. The average molecular weight is 281 g/mol. The zero-order valence-corrected chi connectivity index (χ0v) is 12.7. The standard InChI is InChI=1S/C16H18N4O/c1-11-17-14-9-10-19(2)15(14)16(18-11)20(3)12-5-7-13(21-4)8-6-12/h5-10H,1-4H3/i3-1. The van der Waals surface area contributed by atoms with Gasteiger partial charge in [-0.15, -0.1) is 0 Å². The first-order valence-electron chi connectivity index (χ1n) is 6.77. The molecule has 0 saturated heterocycles. The Morgan fingerprint density at radius 1 is 1.10 bits per heavy atom. The highest BCUT2D eigenvalue weighted by Crippen LogP contribution is 2.29. The van der Waals surface area contributed by atoms with Gasteiger partial charge in [0, 0.05) is 26.0 Å². The molecule has 3 aromatic rings. The Balaban J connectivity index is 2.11. The van der Waals surface area contributed by atoms with Gasteiger partial charge in [-0.25, -0.2) is 9.97 Å². The average Bonchev–Trinajstić information content (AvgIpc) is 2.87. The van der Waals surface area contributed by atoms with E-state index < -0.39 is 0 Å². The molecule has 0 saturated carbocycles. The number of rotatable bonds is 3. The van der Waals surface area contributed by atoms with Gasteiger partial charge in [0.25, 0.3) is 0 Å². The molecule has 0 bridgehead atoms. The summed E-state index contributed by atoms with van der Waals surface area (Å²) >= 11 is 0. The van der Waals surface area contributed by atoms with Crippen molar-refractivity contribution in [3.8, 4) is 5.75 Å². The van der Waals surface area contributed by atoms with Gasteiger partial charge in [-0.2, -0.15) is 0 Å². The second kappa shape index (κ2) is 5.09. The maximum absolute atomic E-state index is 5.20. The summed E-state index contributed by atoms with van der Waals surface area (Å²) in [5.41, 5.74) is 3.04. The largest absolute Gasteiger partial charge is 0.497 e. The van der Waals surface area contributed by atoms with Crippen molar-refractivity contribution in [3.63, 3.8) is 0 Å². The van der Waals surface area contributed by atoms with Crippen molar-refractivity contribution in [1.29, 1.82) is 0 Å². The Hall–Kier alpha value is -2.56. The number of benzene rings is 1. The zero-order chi connectivity index (χ0) is 15.0. The molecule has 0 aliphatic heterocycles. The lowest BCUT2D eigenvalue weighted by molar-refractivity contribution is 0.415. The third kappa shape index (κ3) is 2.31. The molecule has 2 heterocycles. The number of nitrogens with zero attached hydrogens (tertiary/aromatic N) is 4. The fraction of sp³-hybridized carbons (Fsp3) is 0.250. The summed E-state index contributed by atoms with van der Waals surface area (Å²) in [6, 6.07) is 9.94. The van der Waals surface area contributed by atoms with Crippen molar-refractivity contribution in [2.75, 3.05) is 19.1 Å². The second-order valence-electron chi connectivity index (χ2n) is 5.01. The Morgan fingerprint density at radius 2 is 1.81 bits per heavy atom. The first-order valence-corrected chi connectivity index (χ1v) is 6.77. The van der Waals surface area contributed by atoms with E-state index in [-0.39, 0.29) is 0 Å². The number of aromatic nitrogens is 3. The molecule has 5 nitrogen and oxygen atoms in total. The number of hydrogen-bond donors (Lipinski definition) is 0. The lowest BCUT2D eigenvalue weighted by atomic mass is 10.2. The molecule has 1 aromatic carbocycles. The lowest BCUT2D eigenvalue weighted by Crippen LogP contribution is -2.13. The van der Waals surface area contributed by atoms with Gasteiger partial charge in [0.05, 0.1) is 12.6 Å². The van der Waals surface area contributed by atoms with Gasteiger partial charge in [-0.1, -0.05) is 0 Å². The topological polar surface area (TPSA) is 43.2 Å². The third-order valence-corrected chi connectivity index (χ3v) is 3.59. The van der Waals surface area contributed by atoms with Gasteiger partial charge < -0.3 is 14.2 Å². The van der Waals surface area contributed by atoms with Crippen molar-refractivity contribution in [2.45, 2.75) is 6.92 Å². The molecule has 0 N–H and O–H groups in total. The predicted molar refractivity (Wildman–Crippen MR) is 84.3 cm³/mol. The van der Waals surface area contributed by atoms with Crippen LogP contribution in [0.25, 0.3) is 11.0 Å². The Bertz CT molecular complexity index is 777. The number of methoxy groups -OCH3 is 1. The highest BCUT2D eigenvalue weighted by Gasteiger charge is 2.14. The minimum Gasteiger partial charge on any atom is -0.497 e. The summed E-state index contributed by atoms with van der Waals surface area (Å²) in [5.74, 6) is 2.51. The summed E-state index contributed by atoms with van der Waals surface area (Å²) in [6.45, 7) is 1.91. The van der Waals surface area contributed by atoms with Gasteiger partial charge in [-0.3, -0.25) is 0 Å². The van der Waals surface area contributed by atoms with E-state index in [4.69, 9.17) is 4.74 Å². The summed E-state index contributed by atoms with van der Waals surface area (Å²) < 4.78 is 7.25. The molecule has 3 rings (SSSR count). The molecular formula is C16H18N4O. The number of ether oxygens (including phenoxy) is 1. The first-order chi connectivity index (χ1) is 10.1. The van der Waals surface area contributed by atoms with E-state index in [1.165, 1.54) is 0 Å². The van der Waals surface area contributed by atoms with Crippen LogP contribution in [0.1, 0.15) is 5.82 Å². The summed E-state index contributed by atoms with van der Waals surface area (Å²) in [7, 11) is 5.68. The van der Waals surface area contributed by atoms with Crippen LogP contribution in [0.3, 0.4) is 0 Å². The van der Waals surface area contributed by atoms with Crippen molar-refractivity contribution < 1.29 is 4.74 Å². The van der Waals surface area contributed by atoms with Crippen molar-refractivity contribution in [2.24, 2.45) is 7.05 Å². The highest BCUT2D eigenvalue weighted by atomic mass is 16.5. The monoisotopic (exact) mass is 281 g/mol. The molecular weight excluding hydrogens is 263 g/mol. The third-order valence-electron chi connectivity index (χ3n) is 3.59. The number of fused-ring (bicyclic) bond motifs is 1. The first kappa shape index (κ1) is 13.4. The van der Waals surface area contributed by atoms with E-state index >= 15 is 0 Å². The van der Waals surface area contributed by atoms with Gasteiger partial charge in [-0.05, 0) is 37.3 Å². The second-order valence-corrected chi connectivity index (χ2v) is 5.01. The molecule has 0 atom stereocenters. The molecule has 0 unspecified atom stereocenters. The van der Waals surface area contributed by atoms with Crippen LogP contribution >= 0.6 is 0 Å². The normalized spacial score (nSPS) is 10.9. The van der Waals surface area contributed by atoms with E-state index in [1.807, 2.05) is 62.1 Å². The SMILES string of the molecule is COc1ccc(N([11CH3])c2nc(C)nc3ccn(C)c23)cc1. The van der Waals surface area contributed by atoms with Crippen LogP contribution in [-0.4, -0.2) is 28.7 Å². The maximum atomic E-state index is 5.20. The number of anilines is 2. The Morgan fingerprint density at radius 3 is 2.48 bits per heavy atom. The minimum absolute atomic E-state index is 0.768. The van der Waals surface area contributed by atoms with Crippen LogP contribution in [0.2, 0.25) is 0 Å². The van der Waals surface area contributed by atoms with Crippen molar-refractivity contribution in [1.82, 2.24) is 14.5 Å². The van der Waals surface area contributed by atoms with Gasteiger partial charge in [0.15, 0.2) is 5.82 Å². The molecule has 108 valence electrons. The fourth-order valence-electron chi connectivity index (χ4n) is 2.45. The molecule has 0 aliphatic rings. The summed E-state index contributed by atoms with van der Waals surface area (Å²) in [4.78, 5) is 11.2. The van der Waals surface area contributed by atoms with E-state index in [0.29, 0.717) is 0 Å². The molecule has 0 radical (unpaired) electrons. The maximum Gasteiger partial charge on any atom is 0.161 e. The zero-order valence-electron chi connectivity index (χ0n) is 12.7. The predicted octanol–water partition coefficient (Wildman–Crippen LogP) is 3.05. The highest BCUT2D eigenvalue weighted by molar-refractivity contribution is 5.89. The number of hydrogen-bond acceptors (Lipinski definition) is 4. The smallest absolute Gasteiger partial charge is 0.161 e. The summed E-state index contributed by atoms with van der Waals surface area (Å²) in [6.07, 6.45) is 2.00. The Labute approximate surface area is 123 Å². The molecule has 0 amide bonds. The molecule has 0 spiro atoms. The molecule has 0 fully saturated rings. The van der Waals surface area contributed by atoms with Crippen LogP contribution < -0.4 is 9.64 Å². The Kier molecular flexibility index (Phi) is 3.25. The van der Waals surface area contributed by atoms with Crippen molar-refractivity contribution >= 4 is 22.5 Å². The van der Waals surface area contributed by atoms with E-state index in [9.17, 15) is 0 Å². The van der Waals surface area contributed by atoms with Crippen LogP contribution in [0, 0.1) is 6.92 Å². The van der Waals surface area contributed by atoms with Crippen LogP contribution in [0.4, 0.5) is 11.5 Å². The van der Waals surface area contributed by atoms with Gasteiger partial charge >= 0.3 is 0 Å². The van der Waals surface area contributed by atoms with Crippen LogP contribution in [-0.2, 0) is 7.05 Å². The van der Waals surface area contributed by atoms with Crippen molar-refractivity contribution in [3.05, 3.63) is 42.4 Å². The van der Waals surface area contributed by atoms with E-state index in [0.717, 1.165) is 34.1 Å². The van der Waals surface area contributed by atoms with Gasteiger partial charge in [0.2, 0.25) is 0 Å². The fourth-order valence-corrected chi connectivity index (χ4v) is 2.45. The van der Waals surface area contributed by atoms with Crippen LogP contribution in [0.5, 0.6) is 5.75 Å². The molecule has 2 aromatic heterocycles. The number of aryl methyl sites for hydroxylation is 2. The summed E-state index contributed by atoms with van der Waals surface area (Å²) in [5, 5.41) is 0. The van der Waals surface area contributed by atoms with E-state index in [1.54, 1.807) is 7.11 Å². The quantitative estimate of drug-likeness (QED) is 0.740. The van der Waals surface area contributed by atoms with Gasteiger partial charge in [0.1, 0.15) is 17.1 Å². The van der Waals surface area contributed by atoms with E-state index in [2.05, 4.69) is 14.9 Å². The minimum atomic E-state index is 0.768. The molecule has 0 aliphatic carbocycles. The molecule has 5 heteroatoms. The van der Waals surface area contributed by atoms with Crippen LogP contribution in [0.15, 0.2) is 36.5 Å². The molecule has 21 heavy (non-hydrogen) atoms.